The molecule has 0 amide bonds. The van der Waals surface area contributed by atoms with E-state index in [9.17, 15) is 0 Å². The van der Waals surface area contributed by atoms with Gasteiger partial charge in [0.1, 0.15) is 5.65 Å². The molecule has 0 aliphatic heterocycles. The van der Waals surface area contributed by atoms with Gasteiger partial charge in [-0.1, -0.05) is 140 Å². The van der Waals surface area contributed by atoms with Crippen molar-refractivity contribution in [1.82, 2.24) is 13.8 Å². The first-order chi connectivity index (χ1) is 30.8. The highest BCUT2D eigenvalue weighted by Crippen LogP contribution is 2.50. The zero-order chi connectivity index (χ0) is 40.5. The van der Waals surface area contributed by atoms with E-state index in [2.05, 4.69) is 231 Å². The van der Waals surface area contributed by atoms with Crippen molar-refractivity contribution in [3.8, 4) is 0 Å². The molecule has 0 aliphatic carbocycles. The molecule has 5 aromatic heterocycles. The lowest BCUT2D eigenvalue weighted by molar-refractivity contribution is 1.25. The van der Waals surface area contributed by atoms with Crippen LogP contribution in [0.2, 0.25) is 0 Å². The Hall–Kier alpha value is -8.41. The van der Waals surface area contributed by atoms with Crippen molar-refractivity contribution in [2.45, 2.75) is 0 Å². The fourth-order valence-electron chi connectivity index (χ4n) is 10.6. The van der Waals surface area contributed by atoms with Crippen molar-refractivity contribution >= 4 is 121 Å². The Balaban J connectivity index is 1.16. The molecular weight excluding hydrogens is 755 g/mol. The summed E-state index contributed by atoms with van der Waals surface area (Å²) in [5.41, 5.74) is 14.4. The van der Waals surface area contributed by atoms with Crippen LogP contribution in [0.25, 0.3) is 87.2 Å². The standard InChI is InChI=1S/C57H35N5/c1-5-19-37(20-6-1)59(38-21-7-2-8-22-38)48-32-16-29-43-42-28-15-31-45-52-50(61(53(42)45)54(43)48)35-47-51-41-27-14-13-18-36(41)34-46-44-30-17-33-49(55(44)62(56(46)51)57(47)58-52)60(39-23-9-3-10-24-39)40-25-11-4-12-26-40/h1-35H. The van der Waals surface area contributed by atoms with Crippen LogP contribution in [0.5, 0.6) is 0 Å². The highest BCUT2D eigenvalue weighted by atomic mass is 15.2. The van der Waals surface area contributed by atoms with E-state index in [0.717, 1.165) is 72.6 Å². The second kappa shape index (κ2) is 12.6. The van der Waals surface area contributed by atoms with Gasteiger partial charge in [-0.05, 0) is 83.6 Å². The summed E-state index contributed by atoms with van der Waals surface area (Å²) in [5.74, 6) is 0. The molecule has 5 heterocycles. The summed E-state index contributed by atoms with van der Waals surface area (Å²) in [5, 5.41) is 10.9. The van der Waals surface area contributed by atoms with E-state index in [1.807, 2.05) is 0 Å². The number of pyridine rings is 1. The van der Waals surface area contributed by atoms with Gasteiger partial charge < -0.3 is 14.2 Å². The molecule has 0 atom stereocenters. The summed E-state index contributed by atoms with van der Waals surface area (Å²) in [6, 6.07) is 76.8. The monoisotopic (exact) mass is 789 g/mol. The van der Waals surface area contributed by atoms with Gasteiger partial charge in [0.25, 0.3) is 0 Å². The molecule has 0 aliphatic rings. The summed E-state index contributed by atoms with van der Waals surface area (Å²) in [6.45, 7) is 0. The molecule has 62 heavy (non-hydrogen) atoms. The first kappa shape index (κ1) is 33.4. The van der Waals surface area contributed by atoms with E-state index >= 15 is 0 Å². The Bertz CT molecular complexity index is 3950. The number of para-hydroxylation sites is 7. The minimum atomic E-state index is 0.964. The molecule has 0 radical (unpaired) electrons. The lowest BCUT2D eigenvalue weighted by Gasteiger charge is -2.26. The zero-order valence-corrected chi connectivity index (χ0v) is 33.4. The van der Waals surface area contributed by atoms with Crippen LogP contribution in [0.3, 0.4) is 0 Å². The Morgan fingerprint density at radius 3 is 1.35 bits per heavy atom. The number of anilines is 6. The van der Waals surface area contributed by atoms with Crippen LogP contribution in [0.1, 0.15) is 0 Å². The van der Waals surface area contributed by atoms with Crippen molar-refractivity contribution < 1.29 is 0 Å². The van der Waals surface area contributed by atoms with Gasteiger partial charge in [0, 0.05) is 60.5 Å². The molecule has 0 saturated carbocycles. The number of fused-ring (bicyclic) bond motifs is 14. The third kappa shape index (κ3) is 4.43. The quantitative estimate of drug-likeness (QED) is 0.168. The van der Waals surface area contributed by atoms with Crippen LogP contribution >= 0.6 is 0 Å². The number of benzene rings is 9. The minimum Gasteiger partial charge on any atom is -0.308 e. The first-order valence-electron chi connectivity index (χ1n) is 21.2. The van der Waals surface area contributed by atoms with Crippen molar-refractivity contribution in [3.63, 3.8) is 0 Å². The minimum absolute atomic E-state index is 0.964. The molecule has 0 spiro atoms. The third-order valence-electron chi connectivity index (χ3n) is 13.1. The van der Waals surface area contributed by atoms with Crippen molar-refractivity contribution in [3.05, 3.63) is 212 Å². The van der Waals surface area contributed by atoms with Crippen LogP contribution in [0, 0.1) is 0 Å². The highest BCUT2D eigenvalue weighted by Gasteiger charge is 2.28. The topological polar surface area (TPSA) is 28.2 Å². The van der Waals surface area contributed by atoms with Gasteiger partial charge in [0.05, 0.1) is 44.5 Å². The molecule has 5 heteroatoms. The fourth-order valence-corrected chi connectivity index (χ4v) is 10.6. The molecular formula is C57H35N5. The predicted octanol–water partition coefficient (Wildman–Crippen LogP) is 15.5. The molecule has 5 nitrogen and oxygen atoms in total. The Kier molecular flexibility index (Phi) is 6.77. The molecule has 0 fully saturated rings. The molecule has 0 N–H and O–H groups in total. The van der Waals surface area contributed by atoms with Gasteiger partial charge in [-0.25, -0.2) is 4.98 Å². The van der Waals surface area contributed by atoms with Crippen molar-refractivity contribution in [2.75, 3.05) is 9.80 Å². The van der Waals surface area contributed by atoms with E-state index < -0.39 is 0 Å². The molecule has 14 aromatic rings. The maximum absolute atomic E-state index is 5.87. The number of hydrogen-bond acceptors (Lipinski definition) is 3. The van der Waals surface area contributed by atoms with E-state index in [-0.39, 0.29) is 0 Å². The fraction of sp³-hybridized carbons (Fsp3) is 0. The van der Waals surface area contributed by atoms with Crippen molar-refractivity contribution in [1.29, 1.82) is 0 Å². The molecule has 0 saturated heterocycles. The average Bonchev–Trinajstić information content (AvgIpc) is 4.06. The van der Waals surface area contributed by atoms with Crippen LogP contribution < -0.4 is 9.80 Å². The number of hydrogen-bond donors (Lipinski definition) is 0. The van der Waals surface area contributed by atoms with Crippen molar-refractivity contribution in [2.24, 2.45) is 0 Å². The van der Waals surface area contributed by atoms with Gasteiger partial charge in [0.15, 0.2) is 0 Å². The van der Waals surface area contributed by atoms with Gasteiger partial charge >= 0.3 is 0 Å². The number of aromatic nitrogens is 3. The molecule has 288 valence electrons. The van der Waals surface area contributed by atoms with E-state index in [4.69, 9.17) is 4.98 Å². The second-order valence-electron chi connectivity index (χ2n) is 16.3. The Morgan fingerprint density at radius 1 is 0.323 bits per heavy atom. The maximum atomic E-state index is 5.87. The van der Waals surface area contributed by atoms with Gasteiger partial charge in [-0.3, -0.25) is 4.40 Å². The maximum Gasteiger partial charge on any atom is 0.146 e. The van der Waals surface area contributed by atoms with E-state index in [1.54, 1.807) is 0 Å². The van der Waals surface area contributed by atoms with E-state index in [0.29, 0.717) is 0 Å². The molecule has 9 aromatic carbocycles. The summed E-state index contributed by atoms with van der Waals surface area (Å²) < 4.78 is 4.98. The normalized spacial score (nSPS) is 12.2. The highest BCUT2D eigenvalue weighted by molar-refractivity contribution is 6.34. The van der Waals surface area contributed by atoms with Crippen LogP contribution in [-0.4, -0.2) is 13.8 Å². The lowest BCUT2D eigenvalue weighted by Crippen LogP contribution is -2.10. The number of rotatable bonds is 6. The Labute approximate surface area is 355 Å². The largest absolute Gasteiger partial charge is 0.308 e. The van der Waals surface area contributed by atoms with Gasteiger partial charge in [-0.2, -0.15) is 0 Å². The summed E-state index contributed by atoms with van der Waals surface area (Å²) >= 11 is 0. The smallest absolute Gasteiger partial charge is 0.146 e. The summed E-state index contributed by atoms with van der Waals surface area (Å²) in [6.07, 6.45) is 0. The Morgan fingerprint density at radius 2 is 0.774 bits per heavy atom. The van der Waals surface area contributed by atoms with Gasteiger partial charge in [-0.15, -0.1) is 0 Å². The summed E-state index contributed by atoms with van der Waals surface area (Å²) in [7, 11) is 0. The van der Waals surface area contributed by atoms with Gasteiger partial charge in [0.2, 0.25) is 0 Å². The summed E-state index contributed by atoms with van der Waals surface area (Å²) in [4.78, 5) is 10.6. The van der Waals surface area contributed by atoms with Crippen LogP contribution in [0.15, 0.2) is 212 Å². The molecule has 0 bridgehead atoms. The van der Waals surface area contributed by atoms with E-state index in [1.165, 1.54) is 48.7 Å². The van der Waals surface area contributed by atoms with Crippen LogP contribution in [-0.2, 0) is 0 Å². The first-order valence-corrected chi connectivity index (χ1v) is 21.2. The molecule has 0 unspecified atom stereocenters. The number of nitrogens with zero attached hydrogens (tertiary/aromatic N) is 5. The van der Waals surface area contributed by atoms with Crippen LogP contribution in [0.4, 0.5) is 34.1 Å². The second-order valence-corrected chi connectivity index (χ2v) is 16.3. The predicted molar refractivity (Wildman–Crippen MR) is 260 cm³/mol. The molecule has 14 rings (SSSR count). The average molecular weight is 790 g/mol. The lowest BCUT2D eigenvalue weighted by atomic mass is 10.0. The zero-order valence-electron chi connectivity index (χ0n) is 33.4. The SMILES string of the molecule is c1ccc(N(c2ccccc2)c2cccc3c4cccc5c6nc7c(cc6n(c23)c45)c2c3ccccc3cc3c4cccc(N(c5ccccc5)c5ccccc5)c4n7c32)cc1. The third-order valence-corrected chi connectivity index (χ3v) is 13.1.